The van der Waals surface area contributed by atoms with Gasteiger partial charge < -0.3 is 14.8 Å². The number of likely N-dealkylation sites (tertiary alicyclic amines) is 1. The van der Waals surface area contributed by atoms with E-state index in [1.165, 1.54) is 6.92 Å². The number of ether oxygens (including phenoxy) is 2. The quantitative estimate of drug-likeness (QED) is 0.448. The van der Waals surface area contributed by atoms with Crippen molar-refractivity contribution in [3.63, 3.8) is 0 Å². The van der Waals surface area contributed by atoms with E-state index in [0.29, 0.717) is 6.54 Å². The number of piperidine rings is 1. The van der Waals surface area contributed by atoms with Crippen molar-refractivity contribution in [2.75, 3.05) is 25.5 Å². The first kappa shape index (κ1) is 25.8. The Balaban J connectivity index is 1.40. The van der Waals surface area contributed by atoms with Crippen molar-refractivity contribution in [2.45, 2.75) is 50.9 Å². The maximum absolute atomic E-state index is 13.5. The van der Waals surface area contributed by atoms with E-state index < -0.39 is 11.1 Å². The predicted molar refractivity (Wildman–Crippen MR) is 147 cm³/mol. The molecule has 1 unspecified atom stereocenters. The molecular weight excluding hydrogens is 478 g/mol. The van der Waals surface area contributed by atoms with Crippen molar-refractivity contribution in [1.29, 1.82) is 0 Å². The molecule has 2 amide bonds. The number of methoxy groups -OCH3 is 1. The number of hydrogen-bond donors (Lipinski definition) is 1. The Morgan fingerprint density at radius 3 is 2.26 bits per heavy atom. The zero-order chi connectivity index (χ0) is 26.8. The average molecular weight is 514 g/mol. The van der Waals surface area contributed by atoms with Crippen LogP contribution in [0, 0.1) is 0 Å². The molecular formula is C31H35N3O4. The summed E-state index contributed by atoms with van der Waals surface area (Å²) < 4.78 is 11.9. The van der Waals surface area contributed by atoms with Gasteiger partial charge in [0.2, 0.25) is 5.91 Å². The third kappa shape index (κ3) is 4.74. The van der Waals surface area contributed by atoms with Gasteiger partial charge in [-0.05, 0) is 36.2 Å². The van der Waals surface area contributed by atoms with Crippen molar-refractivity contribution < 1.29 is 19.1 Å². The van der Waals surface area contributed by atoms with E-state index in [2.05, 4.69) is 35.3 Å². The van der Waals surface area contributed by atoms with Crippen molar-refractivity contribution in [1.82, 2.24) is 9.80 Å². The molecule has 198 valence electrons. The summed E-state index contributed by atoms with van der Waals surface area (Å²) in [5.41, 5.74) is 2.65. The van der Waals surface area contributed by atoms with Crippen LogP contribution in [-0.2, 0) is 28.2 Å². The first-order chi connectivity index (χ1) is 18.3. The van der Waals surface area contributed by atoms with Gasteiger partial charge in [-0.1, -0.05) is 60.7 Å². The highest BCUT2D eigenvalue weighted by Gasteiger charge is 2.63. The van der Waals surface area contributed by atoms with Crippen molar-refractivity contribution in [3.05, 3.63) is 95.6 Å². The molecule has 2 aliphatic rings. The molecule has 7 nitrogen and oxygen atoms in total. The maximum Gasteiger partial charge on any atom is 0.411 e. The number of nitrogens with zero attached hydrogens (tertiary/aromatic N) is 2. The van der Waals surface area contributed by atoms with Gasteiger partial charge in [0.1, 0.15) is 16.9 Å². The minimum Gasteiger partial charge on any atom is -0.496 e. The fourth-order valence-corrected chi connectivity index (χ4v) is 5.97. The van der Waals surface area contributed by atoms with Gasteiger partial charge in [-0.15, -0.1) is 0 Å². The molecule has 3 aromatic rings. The van der Waals surface area contributed by atoms with E-state index in [4.69, 9.17) is 9.47 Å². The number of rotatable bonds is 7. The highest BCUT2D eigenvalue weighted by molar-refractivity contribution is 5.88. The molecule has 2 saturated heterocycles. The van der Waals surface area contributed by atoms with E-state index in [-0.39, 0.29) is 12.0 Å². The van der Waals surface area contributed by atoms with Crippen LogP contribution < -0.4 is 10.1 Å². The first-order valence-electron chi connectivity index (χ1n) is 13.1. The number of benzene rings is 3. The SMILES string of the molecule is COc1ccccc1CN1CCC2(CC1)OC(=O)N(Cc1ccc(NC(C)=O)cc1)C2(C)c1ccccc1. The Kier molecular flexibility index (Phi) is 7.13. The molecule has 0 saturated carbocycles. The molecule has 5 rings (SSSR count). The lowest BCUT2D eigenvalue weighted by Crippen LogP contribution is -2.58. The van der Waals surface area contributed by atoms with Gasteiger partial charge in [-0.25, -0.2) is 4.79 Å². The fraction of sp³-hybridized carbons (Fsp3) is 0.355. The number of hydrogen-bond acceptors (Lipinski definition) is 5. The largest absolute Gasteiger partial charge is 0.496 e. The zero-order valence-electron chi connectivity index (χ0n) is 22.3. The Bertz CT molecular complexity index is 1290. The maximum atomic E-state index is 13.5. The molecule has 2 fully saturated rings. The summed E-state index contributed by atoms with van der Waals surface area (Å²) in [6.07, 6.45) is 1.18. The summed E-state index contributed by atoms with van der Waals surface area (Å²) >= 11 is 0. The van der Waals surface area contributed by atoms with Gasteiger partial charge in [-0.2, -0.15) is 0 Å². The monoisotopic (exact) mass is 513 g/mol. The Morgan fingerprint density at radius 1 is 0.947 bits per heavy atom. The van der Waals surface area contributed by atoms with E-state index in [1.54, 1.807) is 7.11 Å². The molecule has 0 radical (unpaired) electrons. The van der Waals surface area contributed by atoms with Gasteiger partial charge in [0.25, 0.3) is 0 Å². The Morgan fingerprint density at radius 2 is 1.61 bits per heavy atom. The highest BCUT2D eigenvalue weighted by Crippen LogP contribution is 2.52. The summed E-state index contributed by atoms with van der Waals surface area (Å²) in [7, 11) is 1.70. The second-order valence-electron chi connectivity index (χ2n) is 10.4. The molecule has 3 aromatic carbocycles. The van der Waals surface area contributed by atoms with Crippen LogP contribution in [0.5, 0.6) is 5.75 Å². The van der Waals surface area contributed by atoms with Gasteiger partial charge in [0.15, 0.2) is 0 Å². The molecule has 1 atom stereocenters. The van der Waals surface area contributed by atoms with Crippen LogP contribution in [0.25, 0.3) is 0 Å². The summed E-state index contributed by atoms with van der Waals surface area (Å²) in [5, 5.41) is 2.79. The molecule has 38 heavy (non-hydrogen) atoms. The van der Waals surface area contributed by atoms with Gasteiger partial charge in [-0.3, -0.25) is 14.6 Å². The predicted octanol–water partition coefficient (Wildman–Crippen LogP) is 5.56. The van der Waals surface area contributed by atoms with E-state index in [0.717, 1.165) is 60.6 Å². The second kappa shape index (κ2) is 10.5. The minimum absolute atomic E-state index is 0.114. The van der Waals surface area contributed by atoms with Crippen molar-refractivity contribution in [3.8, 4) is 5.75 Å². The average Bonchev–Trinajstić information content (AvgIpc) is 3.13. The van der Waals surface area contributed by atoms with Gasteiger partial charge in [0, 0.05) is 50.7 Å². The lowest BCUT2D eigenvalue weighted by molar-refractivity contribution is -0.114. The fourth-order valence-electron chi connectivity index (χ4n) is 5.97. The smallest absolute Gasteiger partial charge is 0.411 e. The van der Waals surface area contributed by atoms with Crippen molar-refractivity contribution >= 4 is 17.7 Å². The lowest BCUT2D eigenvalue weighted by atomic mass is 9.70. The summed E-state index contributed by atoms with van der Waals surface area (Å²) in [4.78, 5) is 29.2. The summed E-state index contributed by atoms with van der Waals surface area (Å²) in [5.74, 6) is 0.779. The molecule has 2 heterocycles. The number of nitrogens with one attached hydrogen (secondary N) is 1. The third-order valence-corrected chi connectivity index (χ3v) is 8.13. The zero-order valence-corrected chi connectivity index (χ0v) is 22.3. The van der Waals surface area contributed by atoms with Gasteiger partial charge in [0.05, 0.1) is 13.7 Å². The summed E-state index contributed by atoms with van der Waals surface area (Å²) in [6.45, 7) is 6.47. The molecule has 7 heteroatoms. The number of amides is 2. The van der Waals surface area contributed by atoms with Crippen LogP contribution >= 0.6 is 0 Å². The van der Waals surface area contributed by atoms with Crippen LogP contribution in [0.3, 0.4) is 0 Å². The Labute approximate surface area is 224 Å². The first-order valence-corrected chi connectivity index (χ1v) is 13.1. The van der Waals surface area contributed by atoms with E-state index in [1.807, 2.05) is 65.6 Å². The third-order valence-electron chi connectivity index (χ3n) is 8.13. The standard InChI is InChI=1S/C31H35N3O4/c1-23(35)32-27-15-13-24(14-16-27)21-34-29(36)38-31(30(34,2)26-10-5-4-6-11-26)17-19-33(20-18-31)22-25-9-7-8-12-28(25)37-3/h4-16H,17-22H2,1-3H3,(H,32,35). The number of carbonyl (C=O) groups is 2. The van der Waals surface area contributed by atoms with Gasteiger partial charge >= 0.3 is 6.09 Å². The topological polar surface area (TPSA) is 71.1 Å². The molecule has 1 N–H and O–H groups in total. The van der Waals surface area contributed by atoms with Crippen LogP contribution in [0.15, 0.2) is 78.9 Å². The number of para-hydroxylation sites is 1. The molecule has 2 aliphatic heterocycles. The van der Waals surface area contributed by atoms with E-state index in [9.17, 15) is 9.59 Å². The molecule has 0 bridgehead atoms. The number of anilines is 1. The van der Waals surface area contributed by atoms with E-state index >= 15 is 0 Å². The van der Waals surface area contributed by atoms with Crippen LogP contribution in [0.4, 0.5) is 10.5 Å². The van der Waals surface area contributed by atoms with Crippen LogP contribution in [0.1, 0.15) is 43.4 Å². The van der Waals surface area contributed by atoms with Crippen LogP contribution in [-0.4, -0.2) is 47.6 Å². The normalized spacial score (nSPS) is 20.8. The Hall–Kier alpha value is -3.84. The minimum atomic E-state index is -0.641. The van der Waals surface area contributed by atoms with Crippen molar-refractivity contribution in [2.24, 2.45) is 0 Å². The highest BCUT2D eigenvalue weighted by atomic mass is 16.6. The lowest BCUT2D eigenvalue weighted by Gasteiger charge is -2.48. The molecule has 0 aromatic heterocycles. The second-order valence-corrected chi connectivity index (χ2v) is 10.4. The molecule has 1 spiro atoms. The van der Waals surface area contributed by atoms with Crippen LogP contribution in [0.2, 0.25) is 0 Å². The number of carbonyl (C=O) groups excluding carboxylic acids is 2. The summed E-state index contributed by atoms with van der Waals surface area (Å²) in [6, 6.07) is 26.0. The molecule has 0 aliphatic carbocycles.